The Morgan fingerprint density at radius 3 is 2.47 bits per heavy atom. The fourth-order valence-electron chi connectivity index (χ4n) is 1.15. The van der Waals surface area contributed by atoms with E-state index in [9.17, 15) is 0 Å². The predicted molar refractivity (Wildman–Crippen MR) is 62.1 cm³/mol. The van der Waals surface area contributed by atoms with Crippen LogP contribution < -0.4 is 10.3 Å². The zero-order chi connectivity index (χ0) is 10.5. The van der Waals surface area contributed by atoms with Crippen molar-refractivity contribution in [3.63, 3.8) is 0 Å². The van der Waals surface area contributed by atoms with Crippen LogP contribution >= 0.6 is 11.6 Å². The number of halogens is 1. The van der Waals surface area contributed by atoms with E-state index in [1.54, 1.807) is 12.1 Å². The summed E-state index contributed by atoms with van der Waals surface area (Å²) in [4.78, 5) is 5.34. The summed E-state index contributed by atoms with van der Waals surface area (Å²) in [5.41, 5.74) is 3.73. The number of rotatable bonds is 3. The van der Waals surface area contributed by atoms with Crippen LogP contribution in [-0.4, -0.2) is 0 Å². The van der Waals surface area contributed by atoms with E-state index in [4.69, 9.17) is 16.4 Å². The van der Waals surface area contributed by atoms with E-state index in [0.29, 0.717) is 10.8 Å². The molecule has 2 aromatic rings. The number of anilines is 1. The van der Waals surface area contributed by atoms with Crippen molar-refractivity contribution in [1.29, 1.82) is 0 Å². The van der Waals surface area contributed by atoms with Gasteiger partial charge < -0.3 is 4.84 Å². The molecule has 0 amide bonds. The maximum atomic E-state index is 5.82. The molecule has 2 nitrogen and oxygen atoms in total. The van der Waals surface area contributed by atoms with Gasteiger partial charge >= 0.3 is 0 Å². The van der Waals surface area contributed by atoms with Crippen LogP contribution in [0.4, 0.5) is 5.69 Å². The summed E-state index contributed by atoms with van der Waals surface area (Å²) in [7, 11) is 0. The molecule has 0 aliphatic rings. The Morgan fingerprint density at radius 1 is 0.933 bits per heavy atom. The first-order valence-electron chi connectivity index (χ1n) is 4.58. The fourth-order valence-corrected chi connectivity index (χ4v) is 1.33. The Kier molecular flexibility index (Phi) is 3.10. The minimum atomic E-state index is 0.655. The van der Waals surface area contributed by atoms with Gasteiger partial charge in [-0.3, -0.25) is 0 Å². The molecule has 2 aromatic carbocycles. The second kappa shape index (κ2) is 4.71. The lowest BCUT2D eigenvalue weighted by atomic mass is 10.3. The first-order valence-corrected chi connectivity index (χ1v) is 4.96. The number of benzene rings is 2. The van der Waals surface area contributed by atoms with Crippen LogP contribution in [0.2, 0.25) is 5.02 Å². The van der Waals surface area contributed by atoms with Crippen molar-refractivity contribution in [2.45, 2.75) is 0 Å². The molecule has 0 atom stereocenters. The standard InChI is InChI=1S/C12H10ClNO/c13-10-5-4-8-12(9-10)15-14-11-6-2-1-3-7-11/h1-9,14H. The van der Waals surface area contributed by atoms with Gasteiger partial charge in [-0.25, -0.2) is 5.48 Å². The Morgan fingerprint density at radius 2 is 1.73 bits per heavy atom. The maximum Gasteiger partial charge on any atom is 0.156 e. The summed E-state index contributed by atoms with van der Waals surface area (Å²) in [5.74, 6) is 0.686. The molecule has 0 saturated heterocycles. The molecular formula is C12H10ClNO. The third-order valence-corrected chi connectivity index (χ3v) is 2.09. The fraction of sp³-hybridized carbons (Fsp3) is 0. The van der Waals surface area contributed by atoms with Gasteiger partial charge in [0.05, 0.1) is 5.69 Å². The van der Waals surface area contributed by atoms with Crippen molar-refractivity contribution in [3.8, 4) is 5.75 Å². The molecule has 0 bridgehead atoms. The minimum Gasteiger partial charge on any atom is -0.382 e. The first-order chi connectivity index (χ1) is 7.34. The van der Waals surface area contributed by atoms with E-state index in [-0.39, 0.29) is 0 Å². The second-order valence-electron chi connectivity index (χ2n) is 3.03. The van der Waals surface area contributed by atoms with Crippen LogP contribution in [0.1, 0.15) is 0 Å². The van der Waals surface area contributed by atoms with Gasteiger partial charge in [0, 0.05) is 11.1 Å². The summed E-state index contributed by atoms with van der Waals surface area (Å²) < 4.78 is 0. The molecule has 76 valence electrons. The van der Waals surface area contributed by atoms with Gasteiger partial charge in [-0.2, -0.15) is 0 Å². The van der Waals surface area contributed by atoms with Gasteiger partial charge in [-0.1, -0.05) is 35.9 Å². The van der Waals surface area contributed by atoms with E-state index in [2.05, 4.69) is 5.48 Å². The van der Waals surface area contributed by atoms with E-state index >= 15 is 0 Å². The van der Waals surface area contributed by atoms with Gasteiger partial charge in [0.15, 0.2) is 5.75 Å². The van der Waals surface area contributed by atoms with E-state index < -0.39 is 0 Å². The van der Waals surface area contributed by atoms with Crippen molar-refractivity contribution >= 4 is 17.3 Å². The highest BCUT2D eigenvalue weighted by Gasteiger charge is 1.94. The Balaban J connectivity index is 1.99. The topological polar surface area (TPSA) is 21.3 Å². The SMILES string of the molecule is Clc1cccc(ONc2ccccc2)c1. The maximum absolute atomic E-state index is 5.82. The molecular weight excluding hydrogens is 210 g/mol. The number of nitrogens with one attached hydrogen (secondary N) is 1. The Labute approximate surface area is 93.4 Å². The van der Waals surface area contributed by atoms with Gasteiger partial charge in [-0.05, 0) is 24.3 Å². The Hall–Kier alpha value is -1.67. The summed E-state index contributed by atoms with van der Waals surface area (Å²) in [6, 6.07) is 16.9. The molecule has 0 unspecified atom stereocenters. The lowest BCUT2D eigenvalue weighted by Gasteiger charge is -2.07. The summed E-state index contributed by atoms with van der Waals surface area (Å²) in [5, 5.41) is 0.655. The molecule has 0 spiro atoms. The highest BCUT2D eigenvalue weighted by Crippen LogP contribution is 2.17. The summed E-state index contributed by atoms with van der Waals surface area (Å²) >= 11 is 5.82. The largest absolute Gasteiger partial charge is 0.382 e. The molecule has 0 saturated carbocycles. The molecule has 0 heterocycles. The quantitative estimate of drug-likeness (QED) is 0.794. The van der Waals surface area contributed by atoms with Crippen molar-refractivity contribution in [1.82, 2.24) is 0 Å². The molecule has 1 N–H and O–H groups in total. The van der Waals surface area contributed by atoms with Gasteiger partial charge in [0.25, 0.3) is 0 Å². The van der Waals surface area contributed by atoms with Gasteiger partial charge in [0.1, 0.15) is 0 Å². The number of hydrogen-bond acceptors (Lipinski definition) is 2. The minimum absolute atomic E-state index is 0.655. The first kappa shape index (κ1) is 9.87. The van der Waals surface area contributed by atoms with Crippen LogP contribution in [-0.2, 0) is 0 Å². The van der Waals surface area contributed by atoms with Crippen LogP contribution in [0.5, 0.6) is 5.75 Å². The monoisotopic (exact) mass is 219 g/mol. The molecule has 15 heavy (non-hydrogen) atoms. The van der Waals surface area contributed by atoms with E-state index in [0.717, 1.165) is 5.69 Å². The van der Waals surface area contributed by atoms with Gasteiger partial charge in [-0.15, -0.1) is 0 Å². The van der Waals surface area contributed by atoms with Crippen molar-refractivity contribution in [2.75, 3.05) is 5.48 Å². The third kappa shape index (κ3) is 2.89. The number of hydrogen-bond donors (Lipinski definition) is 1. The predicted octanol–water partition coefficient (Wildman–Crippen LogP) is 3.75. The Bertz CT molecular complexity index is 431. The molecule has 0 radical (unpaired) electrons. The zero-order valence-electron chi connectivity index (χ0n) is 7.98. The van der Waals surface area contributed by atoms with Crippen molar-refractivity contribution < 1.29 is 4.84 Å². The van der Waals surface area contributed by atoms with Crippen LogP contribution in [0.3, 0.4) is 0 Å². The lowest BCUT2D eigenvalue weighted by Crippen LogP contribution is -2.03. The van der Waals surface area contributed by atoms with Gasteiger partial charge in [0.2, 0.25) is 0 Å². The highest BCUT2D eigenvalue weighted by molar-refractivity contribution is 6.30. The zero-order valence-corrected chi connectivity index (χ0v) is 8.74. The van der Waals surface area contributed by atoms with E-state index in [1.165, 1.54) is 0 Å². The average Bonchev–Trinajstić information content (AvgIpc) is 2.28. The third-order valence-electron chi connectivity index (χ3n) is 1.86. The molecule has 2 rings (SSSR count). The van der Waals surface area contributed by atoms with Crippen molar-refractivity contribution in [3.05, 3.63) is 59.6 Å². The average molecular weight is 220 g/mol. The molecule has 0 aliphatic heterocycles. The van der Waals surface area contributed by atoms with E-state index in [1.807, 2.05) is 42.5 Å². The highest BCUT2D eigenvalue weighted by atomic mass is 35.5. The normalized spacial score (nSPS) is 9.67. The molecule has 3 heteroatoms. The van der Waals surface area contributed by atoms with Crippen LogP contribution in [0, 0.1) is 0 Å². The molecule has 0 fully saturated rings. The van der Waals surface area contributed by atoms with Crippen LogP contribution in [0.25, 0.3) is 0 Å². The molecule has 0 aliphatic carbocycles. The smallest absolute Gasteiger partial charge is 0.156 e. The number of para-hydroxylation sites is 1. The summed E-state index contributed by atoms with van der Waals surface area (Å²) in [6.07, 6.45) is 0. The van der Waals surface area contributed by atoms with Crippen molar-refractivity contribution in [2.24, 2.45) is 0 Å². The van der Waals surface area contributed by atoms with Crippen LogP contribution in [0.15, 0.2) is 54.6 Å². The molecule has 0 aromatic heterocycles. The summed E-state index contributed by atoms with van der Waals surface area (Å²) in [6.45, 7) is 0. The lowest BCUT2D eigenvalue weighted by molar-refractivity contribution is 0.405. The second-order valence-corrected chi connectivity index (χ2v) is 3.46.